The summed E-state index contributed by atoms with van der Waals surface area (Å²) in [4.78, 5) is 39.9. The molecule has 0 saturated carbocycles. The van der Waals surface area contributed by atoms with Gasteiger partial charge in [-0.3, -0.25) is 24.7 Å². The lowest BCUT2D eigenvalue weighted by atomic mass is 10.1. The maximum Gasteiger partial charge on any atom is 0.418 e. The van der Waals surface area contributed by atoms with Crippen molar-refractivity contribution in [3.63, 3.8) is 0 Å². The van der Waals surface area contributed by atoms with Crippen molar-refractivity contribution in [2.24, 2.45) is 0 Å². The molecule has 2 aromatic rings. The van der Waals surface area contributed by atoms with Gasteiger partial charge in [0.1, 0.15) is 0 Å². The second kappa shape index (κ2) is 10.9. The predicted molar refractivity (Wildman–Crippen MR) is 117 cm³/mol. The first-order valence-electron chi connectivity index (χ1n) is 10.3. The fourth-order valence-electron chi connectivity index (χ4n) is 3.39. The fourth-order valence-corrected chi connectivity index (χ4v) is 3.39. The van der Waals surface area contributed by atoms with E-state index < -0.39 is 29.6 Å². The Kier molecular flexibility index (Phi) is 8.01. The number of urea groups is 1. The first-order chi connectivity index (χ1) is 15.7. The van der Waals surface area contributed by atoms with Gasteiger partial charge in [0.15, 0.2) is 0 Å². The Bertz CT molecular complexity index is 977. The summed E-state index contributed by atoms with van der Waals surface area (Å²) in [6.07, 6.45) is -4.56. The van der Waals surface area contributed by atoms with E-state index in [1.54, 1.807) is 35.2 Å². The number of nitrogens with one attached hydrogen (secondary N) is 3. The van der Waals surface area contributed by atoms with E-state index in [1.165, 1.54) is 18.2 Å². The molecule has 0 atom stereocenters. The monoisotopic (exact) mass is 463 g/mol. The zero-order valence-corrected chi connectivity index (χ0v) is 17.7. The van der Waals surface area contributed by atoms with E-state index in [0.717, 1.165) is 6.07 Å². The lowest BCUT2D eigenvalue weighted by Crippen LogP contribution is -2.51. The molecule has 4 amide bonds. The number of rotatable bonds is 6. The number of hydrogen-bond acceptors (Lipinski definition) is 5. The molecule has 1 aliphatic heterocycles. The van der Waals surface area contributed by atoms with Gasteiger partial charge >= 0.3 is 12.2 Å². The number of imide groups is 1. The van der Waals surface area contributed by atoms with Crippen LogP contribution in [0, 0.1) is 0 Å². The number of para-hydroxylation sites is 2. The van der Waals surface area contributed by atoms with E-state index in [9.17, 15) is 27.6 Å². The number of halogens is 3. The summed E-state index contributed by atoms with van der Waals surface area (Å²) in [5.74, 6) is -1.01. The number of nitrogens with zero attached hydrogens (tertiary/aromatic N) is 2. The molecule has 1 saturated heterocycles. The van der Waals surface area contributed by atoms with E-state index in [2.05, 4.69) is 16.0 Å². The van der Waals surface area contributed by atoms with Crippen LogP contribution in [-0.4, -0.2) is 66.9 Å². The molecule has 0 spiro atoms. The summed E-state index contributed by atoms with van der Waals surface area (Å²) >= 11 is 0. The van der Waals surface area contributed by atoms with Crippen LogP contribution in [0.4, 0.5) is 29.3 Å². The molecule has 33 heavy (non-hydrogen) atoms. The zero-order chi connectivity index (χ0) is 23.8. The van der Waals surface area contributed by atoms with E-state index >= 15 is 0 Å². The van der Waals surface area contributed by atoms with Gasteiger partial charge in [0.25, 0.3) is 0 Å². The standard InChI is InChI=1S/C22H24F3N5O3/c23-22(24,25)17-8-4-5-9-18(17)27-19(31)14-29-10-12-30(13-11-29)15-20(32)28-21(33)26-16-6-2-1-3-7-16/h1-9H,10-15H2,(H,27,31)(H2,26,28,32,33). The van der Waals surface area contributed by atoms with Crippen LogP contribution in [-0.2, 0) is 15.8 Å². The van der Waals surface area contributed by atoms with Crippen molar-refractivity contribution in [2.45, 2.75) is 6.18 Å². The number of amides is 4. The van der Waals surface area contributed by atoms with Gasteiger partial charge in [0, 0.05) is 31.9 Å². The highest BCUT2D eigenvalue weighted by Gasteiger charge is 2.33. The van der Waals surface area contributed by atoms with Crippen LogP contribution in [0.15, 0.2) is 54.6 Å². The normalized spacial score (nSPS) is 15.0. The molecule has 3 rings (SSSR count). The Morgan fingerprint density at radius 3 is 1.91 bits per heavy atom. The predicted octanol–water partition coefficient (Wildman–Crippen LogP) is 2.61. The van der Waals surface area contributed by atoms with Gasteiger partial charge in [-0.05, 0) is 24.3 Å². The van der Waals surface area contributed by atoms with Crippen LogP contribution in [0.25, 0.3) is 0 Å². The third kappa shape index (κ3) is 7.58. The van der Waals surface area contributed by atoms with Crippen LogP contribution in [0.2, 0.25) is 0 Å². The molecule has 11 heteroatoms. The highest BCUT2D eigenvalue weighted by Crippen LogP contribution is 2.34. The number of piperazine rings is 1. The number of carbonyl (C=O) groups is 3. The van der Waals surface area contributed by atoms with Gasteiger partial charge in [-0.15, -0.1) is 0 Å². The van der Waals surface area contributed by atoms with Crippen molar-refractivity contribution < 1.29 is 27.6 Å². The summed E-state index contributed by atoms with van der Waals surface area (Å²) < 4.78 is 39.2. The highest BCUT2D eigenvalue weighted by atomic mass is 19.4. The molecule has 1 fully saturated rings. The van der Waals surface area contributed by atoms with Gasteiger partial charge < -0.3 is 10.6 Å². The quantitative estimate of drug-likeness (QED) is 0.613. The number of anilines is 2. The Morgan fingerprint density at radius 2 is 1.30 bits per heavy atom. The van der Waals surface area contributed by atoms with Crippen molar-refractivity contribution in [3.05, 3.63) is 60.2 Å². The third-order valence-corrected chi connectivity index (χ3v) is 4.99. The summed E-state index contributed by atoms with van der Waals surface area (Å²) in [5.41, 5.74) is -0.614. The zero-order valence-electron chi connectivity index (χ0n) is 17.7. The molecule has 0 aliphatic carbocycles. The average molecular weight is 463 g/mol. The van der Waals surface area contributed by atoms with Crippen molar-refractivity contribution in [3.8, 4) is 0 Å². The molecule has 0 aromatic heterocycles. The number of carbonyl (C=O) groups excluding carboxylic acids is 3. The van der Waals surface area contributed by atoms with Crippen LogP contribution in [0.5, 0.6) is 0 Å². The van der Waals surface area contributed by atoms with Crippen LogP contribution in [0.3, 0.4) is 0 Å². The third-order valence-electron chi connectivity index (χ3n) is 4.99. The average Bonchev–Trinajstić information content (AvgIpc) is 2.75. The number of hydrogen-bond donors (Lipinski definition) is 3. The van der Waals surface area contributed by atoms with Gasteiger partial charge in [-0.1, -0.05) is 30.3 Å². The Balaban J connectivity index is 1.40. The minimum Gasteiger partial charge on any atom is -0.324 e. The van der Waals surface area contributed by atoms with Gasteiger partial charge in [0.2, 0.25) is 11.8 Å². The Morgan fingerprint density at radius 1 is 0.758 bits per heavy atom. The topological polar surface area (TPSA) is 93.8 Å². The molecule has 1 heterocycles. The largest absolute Gasteiger partial charge is 0.418 e. The molecule has 1 aliphatic rings. The molecule has 0 radical (unpaired) electrons. The van der Waals surface area contributed by atoms with Crippen molar-refractivity contribution >= 4 is 29.2 Å². The van der Waals surface area contributed by atoms with Gasteiger partial charge in [-0.2, -0.15) is 13.2 Å². The molecular weight excluding hydrogens is 439 g/mol. The lowest BCUT2D eigenvalue weighted by molar-refractivity contribution is -0.137. The van der Waals surface area contributed by atoms with Crippen molar-refractivity contribution in [1.29, 1.82) is 0 Å². The molecular formula is C22H24F3N5O3. The van der Waals surface area contributed by atoms with Gasteiger partial charge in [-0.25, -0.2) is 4.79 Å². The van der Waals surface area contributed by atoms with E-state index in [-0.39, 0.29) is 18.8 Å². The van der Waals surface area contributed by atoms with Crippen LogP contribution in [0.1, 0.15) is 5.56 Å². The smallest absolute Gasteiger partial charge is 0.324 e. The molecule has 8 nitrogen and oxygen atoms in total. The minimum absolute atomic E-state index is 0.0151. The summed E-state index contributed by atoms with van der Waals surface area (Å²) in [6.45, 7) is 1.81. The Hall–Kier alpha value is -3.44. The first-order valence-corrected chi connectivity index (χ1v) is 10.3. The van der Waals surface area contributed by atoms with E-state index in [4.69, 9.17) is 0 Å². The molecule has 3 N–H and O–H groups in total. The van der Waals surface area contributed by atoms with E-state index in [1.807, 2.05) is 4.90 Å². The summed E-state index contributed by atoms with van der Waals surface area (Å²) in [6, 6.07) is 12.9. The summed E-state index contributed by atoms with van der Waals surface area (Å²) in [7, 11) is 0. The number of benzene rings is 2. The SMILES string of the molecule is O=C(CN1CCN(CC(=O)Nc2ccccc2C(F)(F)F)CC1)NC(=O)Nc1ccccc1. The molecule has 0 unspecified atom stereocenters. The van der Waals surface area contributed by atoms with Crippen LogP contribution < -0.4 is 16.0 Å². The maximum absolute atomic E-state index is 13.1. The Labute approximate surface area is 188 Å². The second-order valence-corrected chi connectivity index (χ2v) is 7.51. The highest BCUT2D eigenvalue weighted by molar-refractivity contribution is 6.01. The van der Waals surface area contributed by atoms with E-state index in [0.29, 0.717) is 31.9 Å². The lowest BCUT2D eigenvalue weighted by Gasteiger charge is -2.33. The summed E-state index contributed by atoms with van der Waals surface area (Å²) in [5, 5.41) is 7.15. The second-order valence-electron chi connectivity index (χ2n) is 7.51. The molecule has 176 valence electrons. The minimum atomic E-state index is -4.56. The first kappa shape index (κ1) is 24.2. The molecule has 0 bridgehead atoms. The van der Waals surface area contributed by atoms with Crippen molar-refractivity contribution in [2.75, 3.05) is 49.9 Å². The maximum atomic E-state index is 13.1. The van der Waals surface area contributed by atoms with Crippen LogP contribution >= 0.6 is 0 Å². The van der Waals surface area contributed by atoms with Gasteiger partial charge in [0.05, 0.1) is 24.3 Å². The number of alkyl halides is 3. The molecule has 2 aromatic carbocycles. The fraction of sp³-hybridized carbons (Fsp3) is 0.318. The van der Waals surface area contributed by atoms with Crippen molar-refractivity contribution in [1.82, 2.24) is 15.1 Å².